The zero-order valence-corrected chi connectivity index (χ0v) is 24.2. The summed E-state index contributed by atoms with van der Waals surface area (Å²) in [6.07, 6.45) is 2.87. The molecule has 2 aliphatic heterocycles. The van der Waals surface area contributed by atoms with Gasteiger partial charge in [0, 0.05) is 56.6 Å². The molecule has 0 spiro atoms. The molecular formula is C34H31N7O3. The number of β-amino-alcohol motifs (C(OH)–C–C–N with tert-alkyl or cyclic N) is 1. The third-order valence-electron chi connectivity index (χ3n) is 8.48. The molecule has 1 fully saturated rings. The molecule has 0 bridgehead atoms. The lowest BCUT2D eigenvalue weighted by Crippen LogP contribution is -2.36. The third-order valence-corrected chi connectivity index (χ3v) is 8.48. The zero-order chi connectivity index (χ0) is 30.2. The summed E-state index contributed by atoms with van der Waals surface area (Å²) in [5.74, 6) is 0.647. The molecule has 44 heavy (non-hydrogen) atoms. The molecule has 2 atom stereocenters. The number of aromatic nitrogens is 4. The fourth-order valence-electron chi connectivity index (χ4n) is 6.12. The summed E-state index contributed by atoms with van der Waals surface area (Å²) >= 11 is 0. The maximum atomic E-state index is 12.6. The van der Waals surface area contributed by atoms with Crippen LogP contribution in [0.1, 0.15) is 16.7 Å². The van der Waals surface area contributed by atoms with Gasteiger partial charge in [-0.25, -0.2) is 4.79 Å². The van der Waals surface area contributed by atoms with Crippen molar-refractivity contribution in [2.45, 2.75) is 19.3 Å². The first-order valence-electron chi connectivity index (χ1n) is 14.6. The number of fused-ring (bicyclic) bond motifs is 5. The Bertz CT molecular complexity index is 1860. The molecule has 2 aliphatic rings. The van der Waals surface area contributed by atoms with E-state index in [9.17, 15) is 15.2 Å². The molecule has 1 amide bonds. The van der Waals surface area contributed by atoms with Gasteiger partial charge < -0.3 is 24.2 Å². The minimum Gasteiger partial charge on any atom is -0.445 e. The van der Waals surface area contributed by atoms with Gasteiger partial charge in [-0.15, -0.1) is 10.2 Å². The average molecular weight is 586 g/mol. The summed E-state index contributed by atoms with van der Waals surface area (Å²) in [5, 5.41) is 28.8. The number of anilines is 1. The number of nitrogens with zero attached hydrogens (tertiary/aromatic N) is 7. The quantitative estimate of drug-likeness (QED) is 0.302. The van der Waals surface area contributed by atoms with Gasteiger partial charge in [-0.3, -0.25) is 4.57 Å². The highest BCUT2D eigenvalue weighted by atomic mass is 16.6. The Balaban J connectivity index is 1.08. The van der Waals surface area contributed by atoms with Crippen molar-refractivity contribution in [3.63, 3.8) is 0 Å². The van der Waals surface area contributed by atoms with Crippen LogP contribution in [0.2, 0.25) is 0 Å². The number of aliphatic hydroxyl groups is 1. The van der Waals surface area contributed by atoms with Crippen LogP contribution >= 0.6 is 0 Å². The van der Waals surface area contributed by atoms with Gasteiger partial charge in [0.25, 0.3) is 0 Å². The second-order valence-electron chi connectivity index (χ2n) is 11.4. The van der Waals surface area contributed by atoms with Gasteiger partial charge >= 0.3 is 6.09 Å². The summed E-state index contributed by atoms with van der Waals surface area (Å²) in [4.78, 5) is 16.4. The molecule has 5 aromatic rings. The summed E-state index contributed by atoms with van der Waals surface area (Å²) in [5.41, 5.74) is 7.69. The Morgan fingerprint density at radius 3 is 2.68 bits per heavy atom. The van der Waals surface area contributed by atoms with E-state index in [1.165, 1.54) is 0 Å². The SMILES string of the molecule is CN(C[C@@H]1CN(c2ccc3c(c2)Cn2cc(-c4ccc(C#N)cc4)cc2-c2nncn2-3)C[C@H]1O)C(=O)OCc1ccccc1. The van der Waals surface area contributed by atoms with Crippen molar-refractivity contribution in [3.05, 3.63) is 108 Å². The minimum absolute atomic E-state index is 0.112. The smallest absolute Gasteiger partial charge is 0.409 e. The highest BCUT2D eigenvalue weighted by Crippen LogP contribution is 2.36. The number of ether oxygens (including phenoxy) is 1. The Morgan fingerprint density at radius 1 is 1.07 bits per heavy atom. The van der Waals surface area contributed by atoms with Gasteiger partial charge in [0.05, 0.1) is 29.1 Å². The first-order valence-corrected chi connectivity index (χ1v) is 14.6. The molecule has 10 nitrogen and oxygen atoms in total. The lowest BCUT2D eigenvalue weighted by molar-refractivity contribution is 0.0845. The summed E-state index contributed by atoms with van der Waals surface area (Å²) < 4.78 is 9.67. The van der Waals surface area contributed by atoms with Crippen LogP contribution in [0.25, 0.3) is 28.3 Å². The second kappa shape index (κ2) is 11.4. The van der Waals surface area contributed by atoms with Crippen LogP contribution in [0.4, 0.5) is 10.5 Å². The van der Waals surface area contributed by atoms with E-state index < -0.39 is 12.2 Å². The van der Waals surface area contributed by atoms with Crippen molar-refractivity contribution in [1.29, 1.82) is 5.26 Å². The van der Waals surface area contributed by atoms with E-state index >= 15 is 0 Å². The first-order chi connectivity index (χ1) is 21.5. The Morgan fingerprint density at radius 2 is 1.89 bits per heavy atom. The van der Waals surface area contributed by atoms with Gasteiger partial charge in [0.1, 0.15) is 12.9 Å². The van der Waals surface area contributed by atoms with E-state index in [1.54, 1.807) is 18.3 Å². The molecule has 4 heterocycles. The van der Waals surface area contributed by atoms with Crippen LogP contribution < -0.4 is 4.90 Å². The van der Waals surface area contributed by atoms with Crippen LogP contribution in [0.3, 0.4) is 0 Å². The lowest BCUT2D eigenvalue weighted by Gasteiger charge is -2.23. The van der Waals surface area contributed by atoms with E-state index in [-0.39, 0.29) is 12.5 Å². The largest absolute Gasteiger partial charge is 0.445 e. The van der Waals surface area contributed by atoms with E-state index in [0.717, 1.165) is 45.1 Å². The number of hydrogen-bond acceptors (Lipinski definition) is 7. The third kappa shape index (κ3) is 5.18. The lowest BCUT2D eigenvalue weighted by atomic mass is 10.1. The van der Waals surface area contributed by atoms with E-state index in [1.807, 2.05) is 59.2 Å². The molecule has 0 saturated carbocycles. The fourth-order valence-corrected chi connectivity index (χ4v) is 6.12. The highest BCUT2D eigenvalue weighted by Gasteiger charge is 2.34. The normalized spacial score (nSPS) is 16.8. The number of carbonyl (C=O) groups is 1. The van der Waals surface area contributed by atoms with Crippen molar-refractivity contribution < 1.29 is 14.6 Å². The predicted octanol–water partition coefficient (Wildman–Crippen LogP) is 4.70. The highest BCUT2D eigenvalue weighted by molar-refractivity contribution is 5.72. The number of aliphatic hydroxyl groups excluding tert-OH is 1. The fraction of sp³-hybridized carbons (Fsp3) is 0.235. The maximum Gasteiger partial charge on any atom is 0.409 e. The van der Waals surface area contributed by atoms with E-state index in [4.69, 9.17) is 4.74 Å². The Hall–Kier alpha value is -5.40. The molecule has 1 N–H and O–H groups in total. The van der Waals surface area contributed by atoms with Crippen molar-refractivity contribution >= 4 is 11.8 Å². The van der Waals surface area contributed by atoms with Gasteiger partial charge in [0.15, 0.2) is 5.82 Å². The van der Waals surface area contributed by atoms with E-state index in [0.29, 0.717) is 31.7 Å². The van der Waals surface area contributed by atoms with Crippen molar-refractivity contribution in [1.82, 2.24) is 24.2 Å². The number of rotatable bonds is 6. The number of amides is 1. The molecule has 0 unspecified atom stereocenters. The standard InChI is InChI=1S/C34H31N7O3/c1-38(34(43)44-21-24-5-3-2-4-6-24)16-28-19-39(20-32(28)42)29-11-12-30-27(13-29)18-40-17-26(25-9-7-23(15-35)8-10-25)14-31(40)33-37-36-22-41(30)33/h2-14,17,22,28,32,42H,16,18-21H2,1H3/t28-,32-/m1/s1. The second-order valence-corrected chi connectivity index (χ2v) is 11.4. The van der Waals surface area contributed by atoms with E-state index in [2.05, 4.69) is 56.2 Å². The van der Waals surface area contributed by atoms with Gasteiger partial charge in [-0.2, -0.15) is 5.26 Å². The average Bonchev–Trinajstić information content (AvgIpc) is 3.78. The Labute approximate surface area is 255 Å². The molecule has 10 heteroatoms. The van der Waals surface area contributed by atoms with Crippen LogP contribution in [-0.2, 0) is 17.9 Å². The van der Waals surface area contributed by atoms with Crippen LogP contribution in [-0.4, -0.2) is 68.2 Å². The molecule has 2 aromatic heterocycles. The molecule has 7 rings (SSSR count). The molecule has 1 saturated heterocycles. The molecule has 220 valence electrons. The van der Waals surface area contributed by atoms with Gasteiger partial charge in [-0.05, 0) is 53.1 Å². The van der Waals surface area contributed by atoms with Crippen LogP contribution in [0.15, 0.2) is 91.4 Å². The molecule has 0 radical (unpaired) electrons. The number of hydrogen-bond donors (Lipinski definition) is 1. The zero-order valence-electron chi connectivity index (χ0n) is 24.2. The predicted molar refractivity (Wildman–Crippen MR) is 165 cm³/mol. The van der Waals surface area contributed by atoms with Crippen LogP contribution in [0, 0.1) is 17.2 Å². The molecule has 0 aliphatic carbocycles. The van der Waals surface area contributed by atoms with Crippen molar-refractivity contribution in [2.75, 3.05) is 31.6 Å². The number of benzene rings is 3. The summed E-state index contributed by atoms with van der Waals surface area (Å²) in [6.45, 7) is 2.33. The minimum atomic E-state index is -0.575. The van der Waals surface area contributed by atoms with Crippen molar-refractivity contribution in [2.24, 2.45) is 5.92 Å². The maximum absolute atomic E-state index is 12.6. The summed E-state index contributed by atoms with van der Waals surface area (Å²) in [7, 11) is 1.71. The van der Waals surface area contributed by atoms with Gasteiger partial charge in [0.2, 0.25) is 0 Å². The van der Waals surface area contributed by atoms with Crippen molar-refractivity contribution in [3.8, 4) is 34.4 Å². The molecule has 3 aromatic carbocycles. The first kappa shape index (κ1) is 27.4. The summed E-state index contributed by atoms with van der Waals surface area (Å²) in [6, 6.07) is 27.8. The number of nitriles is 1. The van der Waals surface area contributed by atoms with Crippen LogP contribution in [0.5, 0.6) is 0 Å². The number of carbonyl (C=O) groups excluding carboxylic acids is 1. The molecular weight excluding hydrogens is 554 g/mol. The Kier molecular flexibility index (Phi) is 7.08. The topological polar surface area (TPSA) is 112 Å². The van der Waals surface area contributed by atoms with Gasteiger partial charge in [-0.1, -0.05) is 42.5 Å². The monoisotopic (exact) mass is 585 g/mol.